The fraction of sp³-hybridized carbons (Fsp3) is 0. The van der Waals surface area contributed by atoms with Crippen LogP contribution in [0.2, 0.25) is 0 Å². The van der Waals surface area contributed by atoms with E-state index in [1.807, 2.05) is 0 Å². The summed E-state index contributed by atoms with van der Waals surface area (Å²) >= 11 is 19.2. The standard InChI is InChI=1S/Br5Si5/c1-8-6-7-9(2,3)10(8,4)5. The molecule has 0 N–H and O–H groups in total. The van der Waals surface area contributed by atoms with Crippen LogP contribution < -0.4 is 0 Å². The van der Waals surface area contributed by atoms with E-state index in [2.05, 4.69) is 76.5 Å². The molecular formula is Br5Si5. The van der Waals surface area contributed by atoms with Crippen molar-refractivity contribution in [3.8, 4) is 0 Å². The molecular weight excluding hydrogens is 540 g/mol. The quantitative estimate of drug-likeness (QED) is 0.328. The number of rotatable bonds is 0. The second-order valence-corrected chi connectivity index (χ2v) is 72.6. The zero-order valence-electron chi connectivity index (χ0n) is 4.39. The maximum absolute atomic E-state index is 3.87. The van der Waals surface area contributed by atoms with Crippen molar-refractivity contribution >= 4 is 109 Å². The highest BCUT2D eigenvalue weighted by Gasteiger charge is 2.60. The summed E-state index contributed by atoms with van der Waals surface area (Å²) in [6, 6.07) is 0. The van der Waals surface area contributed by atoms with Crippen LogP contribution in [0.3, 0.4) is 0 Å². The van der Waals surface area contributed by atoms with Gasteiger partial charge < -0.3 is 0 Å². The molecule has 0 aromatic heterocycles. The van der Waals surface area contributed by atoms with Gasteiger partial charge in [0.2, 0.25) is 4.35 Å². The molecule has 0 unspecified atom stereocenters. The Morgan fingerprint density at radius 2 is 1.60 bits per heavy atom. The van der Waals surface area contributed by atoms with E-state index < -0.39 is 8.70 Å². The van der Waals surface area contributed by atoms with Crippen molar-refractivity contribution < 1.29 is 0 Å². The Hall–Kier alpha value is 3.48. The summed E-state index contributed by atoms with van der Waals surface area (Å²) in [5, 5.41) is 0. The van der Waals surface area contributed by atoms with Gasteiger partial charge in [0.25, 0.3) is 0 Å². The van der Waals surface area contributed by atoms with E-state index >= 15 is 0 Å². The molecule has 0 saturated carbocycles. The van der Waals surface area contributed by atoms with Gasteiger partial charge in [-0.25, -0.2) is 0 Å². The molecule has 1 aliphatic rings. The third-order valence-electron chi connectivity index (χ3n) is 0.999. The zero-order chi connectivity index (χ0) is 7.99. The molecule has 0 nitrogen and oxygen atoms in total. The van der Waals surface area contributed by atoms with Gasteiger partial charge in [0.1, 0.15) is 6.45 Å². The second kappa shape index (κ2) is 3.92. The first-order chi connectivity index (χ1) is 4.38. The lowest BCUT2D eigenvalue weighted by atomic mass is 26.4. The molecule has 1 heterocycles. The van der Waals surface area contributed by atoms with Crippen LogP contribution >= 0.6 is 76.5 Å². The Kier molecular flexibility index (Phi) is 4.54. The van der Waals surface area contributed by atoms with Crippen LogP contribution in [-0.2, 0) is 0 Å². The third-order valence-corrected chi connectivity index (χ3v) is 144. The average Bonchev–Trinajstić information content (AvgIpc) is 1.94. The van der Waals surface area contributed by atoms with Crippen molar-refractivity contribution in [2.75, 3.05) is 0 Å². The minimum absolute atomic E-state index is 0.247. The highest BCUT2D eigenvalue weighted by molar-refractivity contribution is 9.71. The van der Waals surface area contributed by atoms with Gasteiger partial charge in [-0.15, -0.1) is 76.5 Å². The molecule has 10 heteroatoms. The van der Waals surface area contributed by atoms with Crippen molar-refractivity contribution in [1.29, 1.82) is 0 Å². The molecule has 0 aromatic carbocycles. The summed E-state index contributed by atoms with van der Waals surface area (Å²) < 4.78 is -2.43. The number of hydrogen-bond donors (Lipinski definition) is 0. The Balaban J connectivity index is 2.84. The van der Waals surface area contributed by atoms with Gasteiger partial charge in [0.15, 0.2) is 4.35 Å². The molecule has 0 atom stereocenters. The van der Waals surface area contributed by atoms with Gasteiger partial charge in [-0.05, 0) is 0 Å². The van der Waals surface area contributed by atoms with E-state index in [0.717, 1.165) is 8.55 Å². The fourth-order valence-electron chi connectivity index (χ4n) is 0.428. The minimum atomic E-state index is -1.23. The lowest BCUT2D eigenvalue weighted by Gasteiger charge is -2.23. The summed E-state index contributed by atoms with van der Waals surface area (Å²) in [6.07, 6.45) is 0. The van der Waals surface area contributed by atoms with E-state index in [4.69, 9.17) is 0 Å². The first kappa shape index (κ1) is 11.6. The van der Waals surface area contributed by atoms with E-state index in [1.54, 1.807) is 0 Å². The van der Waals surface area contributed by atoms with Crippen LogP contribution in [-0.4, -0.2) is 32.3 Å². The van der Waals surface area contributed by atoms with Crippen molar-refractivity contribution in [2.45, 2.75) is 0 Å². The normalized spacial score (nSPS) is 30.9. The Morgan fingerprint density at radius 1 is 1.10 bits per heavy atom. The van der Waals surface area contributed by atoms with Crippen LogP contribution in [0, 0.1) is 0 Å². The molecule has 0 aliphatic carbocycles. The van der Waals surface area contributed by atoms with E-state index in [1.165, 1.54) is 8.55 Å². The van der Waals surface area contributed by atoms with Crippen molar-refractivity contribution in [1.82, 2.24) is 0 Å². The molecule has 1 fully saturated rings. The molecule has 5 radical (unpaired) electrons. The lowest BCUT2D eigenvalue weighted by Crippen LogP contribution is -2.50. The van der Waals surface area contributed by atoms with Crippen LogP contribution in [0.15, 0.2) is 0 Å². The van der Waals surface area contributed by atoms with Crippen molar-refractivity contribution in [2.24, 2.45) is 0 Å². The lowest BCUT2D eigenvalue weighted by molar-refractivity contribution is 3.81. The molecule has 55 valence electrons. The molecule has 1 aliphatic heterocycles. The van der Waals surface area contributed by atoms with Crippen molar-refractivity contribution in [3.63, 3.8) is 0 Å². The molecule has 1 saturated heterocycles. The summed E-state index contributed by atoms with van der Waals surface area (Å²) in [7, 11) is 2.30. The van der Waals surface area contributed by atoms with Gasteiger partial charge in [0.05, 0.1) is 0 Å². The molecule has 10 heavy (non-hydrogen) atoms. The van der Waals surface area contributed by atoms with E-state index in [9.17, 15) is 0 Å². The van der Waals surface area contributed by atoms with E-state index in [0.29, 0.717) is 0 Å². The summed E-state index contributed by atoms with van der Waals surface area (Å²) in [5.41, 5.74) is 0. The smallest absolute Gasteiger partial charge is 0.135 e. The van der Waals surface area contributed by atoms with Crippen LogP contribution in [0.4, 0.5) is 0 Å². The number of hydrogen-bond acceptors (Lipinski definition) is 0. The monoisotopic (exact) mass is 534 g/mol. The molecule has 1 rings (SSSR count). The van der Waals surface area contributed by atoms with Gasteiger partial charge in [-0.2, -0.15) is 0 Å². The summed E-state index contributed by atoms with van der Waals surface area (Å²) in [4.78, 5) is 0. The first-order valence-corrected chi connectivity index (χ1v) is 26.0. The van der Waals surface area contributed by atoms with Gasteiger partial charge in [0, 0.05) is 17.1 Å². The highest BCUT2D eigenvalue weighted by Crippen LogP contribution is 2.45. The topological polar surface area (TPSA) is 0 Å². The fourth-order valence-corrected chi connectivity index (χ4v) is 163. The van der Waals surface area contributed by atoms with Crippen molar-refractivity contribution in [3.05, 3.63) is 0 Å². The van der Waals surface area contributed by atoms with E-state index in [-0.39, 0.29) is 6.45 Å². The first-order valence-electron chi connectivity index (χ1n) is 2.19. The number of halogens is 5. The van der Waals surface area contributed by atoms with Crippen LogP contribution in [0.1, 0.15) is 0 Å². The SMILES string of the molecule is Br[Si]1[Si][Si][Si](Br)(Br)[Si]1(Br)Br. The van der Waals surface area contributed by atoms with Gasteiger partial charge >= 0.3 is 0 Å². The molecule has 0 bridgehead atoms. The Morgan fingerprint density at radius 3 is 1.70 bits per heavy atom. The highest BCUT2D eigenvalue weighted by atomic mass is 79.9. The summed E-state index contributed by atoms with van der Waals surface area (Å²) in [5.74, 6) is 0. The average molecular weight is 540 g/mol. The van der Waals surface area contributed by atoms with Crippen LogP contribution in [0.5, 0.6) is 0 Å². The molecule has 0 amide bonds. The molecule has 0 spiro atoms. The largest absolute Gasteiger partial charge is 0.210 e. The maximum Gasteiger partial charge on any atom is 0.210 e. The molecule has 0 aromatic rings. The zero-order valence-corrected chi connectivity index (χ0v) is 17.3. The third kappa shape index (κ3) is 2.11. The second-order valence-electron chi connectivity index (χ2n) is 1.71. The van der Waals surface area contributed by atoms with Gasteiger partial charge in [-0.1, -0.05) is 0 Å². The van der Waals surface area contributed by atoms with Gasteiger partial charge in [-0.3, -0.25) is 0 Å². The predicted molar refractivity (Wildman–Crippen MR) is 73.4 cm³/mol. The maximum atomic E-state index is 3.87. The minimum Gasteiger partial charge on any atom is -0.135 e. The summed E-state index contributed by atoms with van der Waals surface area (Å²) in [6.45, 7) is -0.247. The Labute approximate surface area is 107 Å². The predicted octanol–water partition coefficient (Wildman–Crippen LogP) is 2.32. The Bertz CT molecular complexity index is 141. The van der Waals surface area contributed by atoms with Crippen LogP contribution in [0.25, 0.3) is 0 Å².